The van der Waals surface area contributed by atoms with Gasteiger partial charge in [-0.25, -0.2) is 4.79 Å². The quantitative estimate of drug-likeness (QED) is 0.810. The van der Waals surface area contributed by atoms with Crippen LogP contribution in [0.15, 0.2) is 0 Å². The summed E-state index contributed by atoms with van der Waals surface area (Å²) in [6.07, 6.45) is 9.59. The molecular weight excluding hydrogens is 268 g/mol. The predicted octanol–water partition coefficient (Wildman–Crippen LogP) is 2.60. The third kappa shape index (κ3) is 2.83. The monoisotopic (exact) mass is 292 g/mol. The summed E-state index contributed by atoms with van der Waals surface area (Å²) in [6, 6.07) is -0.518. The molecule has 0 aromatic heterocycles. The normalized spacial score (nSPS) is 25.9. The molecule has 0 aromatic rings. The lowest BCUT2D eigenvalue weighted by molar-refractivity contribution is -0.152. The highest BCUT2D eigenvalue weighted by Gasteiger charge is 2.53. The molecule has 3 rings (SSSR count). The molecule has 5 nitrogen and oxygen atoms in total. The fraction of sp³-hybridized carbons (Fsp3) is 0.812. The Morgan fingerprint density at radius 3 is 2.33 bits per heavy atom. The summed E-state index contributed by atoms with van der Waals surface area (Å²) in [5.74, 6) is 0.188. The van der Waals surface area contributed by atoms with Crippen LogP contribution in [0.3, 0.4) is 0 Å². The van der Waals surface area contributed by atoms with Crippen LogP contribution in [0.25, 0.3) is 0 Å². The van der Waals surface area contributed by atoms with E-state index in [1.165, 1.54) is 17.7 Å². The first-order valence-corrected chi connectivity index (χ1v) is 8.31. The molecule has 5 heteroatoms. The fourth-order valence-electron chi connectivity index (χ4n) is 3.65. The van der Waals surface area contributed by atoms with Crippen LogP contribution in [0, 0.1) is 11.3 Å². The largest absolute Gasteiger partial charge is 0.330 e. The van der Waals surface area contributed by atoms with Crippen LogP contribution < -0.4 is 5.32 Å². The Bertz CT molecular complexity index is 448. The predicted molar refractivity (Wildman–Crippen MR) is 77.3 cm³/mol. The minimum absolute atomic E-state index is 0.242. The fourth-order valence-corrected chi connectivity index (χ4v) is 3.65. The van der Waals surface area contributed by atoms with Crippen molar-refractivity contribution in [3.05, 3.63) is 0 Å². The van der Waals surface area contributed by atoms with Gasteiger partial charge in [0.15, 0.2) is 0 Å². The maximum absolute atomic E-state index is 12.8. The maximum atomic E-state index is 12.8. The van der Waals surface area contributed by atoms with Gasteiger partial charge < -0.3 is 0 Å². The molecule has 3 fully saturated rings. The zero-order valence-corrected chi connectivity index (χ0v) is 12.5. The van der Waals surface area contributed by atoms with Gasteiger partial charge in [0.05, 0.1) is 0 Å². The highest BCUT2D eigenvalue weighted by molar-refractivity contribution is 6.19. The Balaban J connectivity index is 1.71. The number of hydrogen-bond donors (Lipinski definition) is 1. The van der Waals surface area contributed by atoms with Gasteiger partial charge in [0.1, 0.15) is 5.41 Å². The first-order valence-electron chi connectivity index (χ1n) is 8.31. The van der Waals surface area contributed by atoms with Gasteiger partial charge in [0.2, 0.25) is 11.8 Å². The van der Waals surface area contributed by atoms with Gasteiger partial charge in [0.25, 0.3) is 0 Å². The van der Waals surface area contributed by atoms with Crippen molar-refractivity contribution in [1.82, 2.24) is 10.2 Å². The van der Waals surface area contributed by atoms with E-state index in [4.69, 9.17) is 0 Å². The molecule has 1 N–H and O–H groups in total. The van der Waals surface area contributed by atoms with Gasteiger partial charge in [-0.3, -0.25) is 19.8 Å². The van der Waals surface area contributed by atoms with Crippen LogP contribution >= 0.6 is 0 Å². The molecule has 21 heavy (non-hydrogen) atoms. The number of rotatable bonds is 4. The topological polar surface area (TPSA) is 66.5 Å². The molecule has 0 bridgehead atoms. The lowest BCUT2D eigenvalue weighted by Gasteiger charge is -2.38. The number of hydrogen-bond acceptors (Lipinski definition) is 3. The van der Waals surface area contributed by atoms with Crippen molar-refractivity contribution in [2.45, 2.75) is 64.2 Å². The number of nitrogens with zero attached hydrogens (tertiary/aromatic N) is 1. The summed E-state index contributed by atoms with van der Waals surface area (Å²) in [4.78, 5) is 38.4. The molecule has 116 valence electrons. The second-order valence-electron chi connectivity index (χ2n) is 6.80. The van der Waals surface area contributed by atoms with Crippen molar-refractivity contribution in [3.8, 4) is 0 Å². The molecule has 2 saturated carbocycles. The summed E-state index contributed by atoms with van der Waals surface area (Å²) in [7, 11) is 0. The highest BCUT2D eigenvalue weighted by atomic mass is 16.2. The Morgan fingerprint density at radius 2 is 1.71 bits per heavy atom. The van der Waals surface area contributed by atoms with Crippen molar-refractivity contribution in [2.75, 3.05) is 6.54 Å². The molecule has 1 aliphatic heterocycles. The standard InChI is InChI=1S/C16H24N2O3/c19-13-16(9-3-1-2-4-10-16)14(20)18(15(21)17-13)11-5-6-12-7-8-12/h12H,1-11H2,(H,17,19,21). The van der Waals surface area contributed by atoms with Crippen molar-refractivity contribution in [1.29, 1.82) is 0 Å². The van der Waals surface area contributed by atoms with E-state index >= 15 is 0 Å². The molecule has 0 atom stereocenters. The number of amides is 4. The molecule has 3 aliphatic rings. The number of barbiturate groups is 1. The SMILES string of the molecule is O=C1NC(=O)C2(CCCCCC2)C(=O)N1CCCC1CC1. The van der Waals surface area contributed by atoms with Crippen LogP contribution in [0.2, 0.25) is 0 Å². The number of urea groups is 1. The molecule has 1 heterocycles. The smallest absolute Gasteiger partial charge is 0.277 e. The third-order valence-corrected chi connectivity index (χ3v) is 5.20. The van der Waals surface area contributed by atoms with Crippen molar-refractivity contribution >= 4 is 17.8 Å². The van der Waals surface area contributed by atoms with Crippen LogP contribution in [-0.2, 0) is 9.59 Å². The minimum atomic E-state index is -0.968. The molecule has 2 aliphatic carbocycles. The number of nitrogens with one attached hydrogen (secondary N) is 1. The summed E-state index contributed by atoms with van der Waals surface area (Å²) in [6.45, 7) is 0.455. The Hall–Kier alpha value is -1.39. The van der Waals surface area contributed by atoms with Crippen LogP contribution in [0.4, 0.5) is 4.79 Å². The number of carbonyl (C=O) groups excluding carboxylic acids is 3. The van der Waals surface area contributed by atoms with Crippen LogP contribution in [0.1, 0.15) is 64.2 Å². The van der Waals surface area contributed by atoms with Gasteiger partial charge in [0, 0.05) is 6.54 Å². The second kappa shape index (κ2) is 5.78. The number of carbonyl (C=O) groups is 3. The molecule has 0 aromatic carbocycles. The number of imide groups is 2. The summed E-state index contributed by atoms with van der Waals surface area (Å²) < 4.78 is 0. The van der Waals surface area contributed by atoms with Crippen LogP contribution in [-0.4, -0.2) is 29.3 Å². The van der Waals surface area contributed by atoms with Gasteiger partial charge >= 0.3 is 6.03 Å². The van der Waals surface area contributed by atoms with E-state index in [1.54, 1.807) is 0 Å². The van der Waals surface area contributed by atoms with Gasteiger partial charge in [-0.15, -0.1) is 0 Å². The van der Waals surface area contributed by atoms with E-state index < -0.39 is 11.4 Å². The minimum Gasteiger partial charge on any atom is -0.277 e. The lowest BCUT2D eigenvalue weighted by atomic mass is 9.77. The average molecular weight is 292 g/mol. The molecule has 0 unspecified atom stereocenters. The first-order chi connectivity index (χ1) is 10.1. The highest BCUT2D eigenvalue weighted by Crippen LogP contribution is 2.39. The molecule has 1 spiro atoms. The second-order valence-corrected chi connectivity index (χ2v) is 6.80. The summed E-state index contributed by atoms with van der Waals surface area (Å²) >= 11 is 0. The molecule has 4 amide bonds. The first kappa shape index (κ1) is 14.5. The van der Waals surface area contributed by atoms with Gasteiger partial charge in [-0.05, 0) is 31.6 Å². The summed E-state index contributed by atoms with van der Waals surface area (Å²) in [5, 5.41) is 2.43. The average Bonchev–Trinajstić information content (AvgIpc) is 3.27. The maximum Gasteiger partial charge on any atom is 0.330 e. The summed E-state index contributed by atoms with van der Waals surface area (Å²) in [5.41, 5.74) is -0.968. The lowest BCUT2D eigenvalue weighted by Crippen LogP contribution is -2.63. The van der Waals surface area contributed by atoms with E-state index in [0.717, 1.165) is 44.4 Å². The van der Waals surface area contributed by atoms with Crippen LogP contribution in [0.5, 0.6) is 0 Å². The van der Waals surface area contributed by atoms with Crippen molar-refractivity contribution in [2.24, 2.45) is 11.3 Å². The zero-order chi connectivity index (χ0) is 14.9. The molecule has 0 radical (unpaired) electrons. The van der Waals surface area contributed by atoms with E-state index in [2.05, 4.69) is 5.32 Å². The van der Waals surface area contributed by atoms with E-state index in [9.17, 15) is 14.4 Å². The van der Waals surface area contributed by atoms with Gasteiger partial charge in [-0.2, -0.15) is 0 Å². The van der Waals surface area contributed by atoms with E-state index in [1.807, 2.05) is 0 Å². The third-order valence-electron chi connectivity index (χ3n) is 5.20. The Morgan fingerprint density at radius 1 is 1.05 bits per heavy atom. The Labute approximate surface area is 125 Å². The van der Waals surface area contributed by atoms with Crippen molar-refractivity contribution in [3.63, 3.8) is 0 Å². The van der Waals surface area contributed by atoms with Crippen molar-refractivity contribution < 1.29 is 14.4 Å². The Kier molecular flexibility index (Phi) is 4.00. The molecular formula is C16H24N2O3. The van der Waals surface area contributed by atoms with E-state index in [-0.39, 0.29) is 11.8 Å². The van der Waals surface area contributed by atoms with Gasteiger partial charge in [-0.1, -0.05) is 38.5 Å². The van der Waals surface area contributed by atoms with E-state index in [0.29, 0.717) is 19.4 Å². The molecule has 1 saturated heterocycles. The zero-order valence-electron chi connectivity index (χ0n) is 12.5.